The molecule has 1 aromatic rings. The van der Waals surface area contributed by atoms with Crippen molar-refractivity contribution in [1.82, 2.24) is 4.98 Å². The van der Waals surface area contributed by atoms with Gasteiger partial charge in [0.15, 0.2) is 0 Å². The Kier molecular flexibility index (Phi) is 5.49. The summed E-state index contributed by atoms with van der Waals surface area (Å²) in [5.41, 5.74) is 0. The van der Waals surface area contributed by atoms with Crippen molar-refractivity contribution in [2.24, 2.45) is 11.8 Å². The van der Waals surface area contributed by atoms with Crippen LogP contribution < -0.4 is 10.1 Å². The summed E-state index contributed by atoms with van der Waals surface area (Å²) in [5, 5.41) is 3.45. The van der Waals surface area contributed by atoms with Gasteiger partial charge < -0.3 is 10.1 Å². The Morgan fingerprint density at radius 3 is 2.58 bits per heavy atom. The van der Waals surface area contributed by atoms with Crippen molar-refractivity contribution in [2.75, 3.05) is 18.5 Å². The molecule has 0 unspecified atom stereocenters. The fourth-order valence-corrected chi connectivity index (χ4v) is 2.83. The molecule has 0 bridgehead atoms. The lowest BCUT2D eigenvalue weighted by molar-refractivity contribution is 0.278. The summed E-state index contributed by atoms with van der Waals surface area (Å²) in [6, 6.07) is 5.91. The predicted molar refractivity (Wildman–Crippen MR) is 79.6 cm³/mol. The van der Waals surface area contributed by atoms with Crippen LogP contribution in [0.5, 0.6) is 5.88 Å². The average molecular weight is 262 g/mol. The average Bonchev–Trinajstić information content (AvgIpc) is 2.46. The minimum absolute atomic E-state index is 0.664. The van der Waals surface area contributed by atoms with Gasteiger partial charge in [0.25, 0.3) is 0 Å². The number of nitrogens with zero attached hydrogens (tertiary/aromatic N) is 1. The third-order valence-electron chi connectivity index (χ3n) is 4.13. The summed E-state index contributed by atoms with van der Waals surface area (Å²) in [6.45, 7) is 6.00. The Hall–Kier alpha value is -1.25. The van der Waals surface area contributed by atoms with Crippen molar-refractivity contribution >= 4 is 5.82 Å². The second-order valence-corrected chi connectivity index (χ2v) is 5.47. The first-order valence-electron chi connectivity index (χ1n) is 7.65. The molecule has 1 N–H and O–H groups in total. The molecule has 19 heavy (non-hydrogen) atoms. The van der Waals surface area contributed by atoms with Crippen molar-refractivity contribution in [3.8, 4) is 5.88 Å². The van der Waals surface area contributed by atoms with Crippen LogP contribution in [-0.4, -0.2) is 18.1 Å². The van der Waals surface area contributed by atoms with Crippen molar-refractivity contribution < 1.29 is 4.74 Å². The van der Waals surface area contributed by atoms with E-state index in [4.69, 9.17) is 4.74 Å². The van der Waals surface area contributed by atoms with Gasteiger partial charge in [-0.15, -0.1) is 0 Å². The van der Waals surface area contributed by atoms with Crippen molar-refractivity contribution in [2.45, 2.75) is 46.0 Å². The number of anilines is 1. The van der Waals surface area contributed by atoms with Crippen LogP contribution in [0.15, 0.2) is 18.2 Å². The lowest BCUT2D eigenvalue weighted by atomic mass is 9.81. The van der Waals surface area contributed by atoms with Gasteiger partial charge >= 0.3 is 0 Å². The third-order valence-corrected chi connectivity index (χ3v) is 4.13. The molecule has 0 aromatic carbocycles. The van der Waals surface area contributed by atoms with Crippen LogP contribution in [-0.2, 0) is 0 Å². The van der Waals surface area contributed by atoms with Gasteiger partial charge in [0, 0.05) is 12.6 Å². The van der Waals surface area contributed by atoms with Gasteiger partial charge in [0.2, 0.25) is 5.88 Å². The Morgan fingerprint density at radius 2 is 1.89 bits per heavy atom. The highest BCUT2D eigenvalue weighted by molar-refractivity contribution is 5.37. The molecule has 0 spiro atoms. The Labute approximate surface area is 116 Å². The Balaban J connectivity index is 1.77. The topological polar surface area (TPSA) is 34.1 Å². The standard InChI is InChI=1S/C16H26N2O/c1-3-13-8-10-14(11-9-13)12-17-15-6-5-7-16(18-15)19-4-2/h5-7,13-14H,3-4,8-12H2,1-2H3,(H,17,18). The van der Waals surface area contributed by atoms with Crippen LogP contribution in [0, 0.1) is 11.8 Å². The van der Waals surface area contributed by atoms with Crippen LogP contribution >= 0.6 is 0 Å². The molecule has 3 heteroatoms. The van der Waals surface area contributed by atoms with E-state index in [9.17, 15) is 0 Å². The van der Waals surface area contributed by atoms with Gasteiger partial charge in [0.05, 0.1) is 6.61 Å². The van der Waals surface area contributed by atoms with Gasteiger partial charge in [0.1, 0.15) is 5.82 Å². The zero-order chi connectivity index (χ0) is 13.5. The smallest absolute Gasteiger partial charge is 0.215 e. The van der Waals surface area contributed by atoms with Crippen molar-refractivity contribution in [3.63, 3.8) is 0 Å². The van der Waals surface area contributed by atoms with E-state index in [1.165, 1.54) is 32.1 Å². The lowest BCUT2D eigenvalue weighted by Crippen LogP contribution is -2.21. The van der Waals surface area contributed by atoms with E-state index in [2.05, 4.69) is 17.2 Å². The van der Waals surface area contributed by atoms with Gasteiger partial charge in [-0.25, -0.2) is 0 Å². The number of rotatable bonds is 6. The second kappa shape index (κ2) is 7.37. The maximum Gasteiger partial charge on any atom is 0.215 e. The molecule has 1 aliphatic rings. The van der Waals surface area contributed by atoms with E-state index in [-0.39, 0.29) is 0 Å². The highest BCUT2D eigenvalue weighted by Crippen LogP contribution is 2.30. The van der Waals surface area contributed by atoms with E-state index in [0.717, 1.165) is 24.2 Å². The first-order chi connectivity index (χ1) is 9.31. The van der Waals surface area contributed by atoms with E-state index in [1.807, 2.05) is 25.1 Å². The summed E-state index contributed by atoms with van der Waals surface area (Å²) in [7, 11) is 0. The summed E-state index contributed by atoms with van der Waals surface area (Å²) in [4.78, 5) is 4.44. The van der Waals surface area contributed by atoms with Crippen LogP contribution in [0.2, 0.25) is 0 Å². The van der Waals surface area contributed by atoms with Gasteiger partial charge in [-0.1, -0.05) is 32.3 Å². The molecule has 1 saturated carbocycles. The quantitative estimate of drug-likeness (QED) is 0.837. The molecule has 0 atom stereocenters. The molecule has 0 amide bonds. The maximum atomic E-state index is 5.42. The Morgan fingerprint density at radius 1 is 1.16 bits per heavy atom. The molecule has 1 aliphatic carbocycles. The highest BCUT2D eigenvalue weighted by atomic mass is 16.5. The molecule has 0 aliphatic heterocycles. The molecule has 106 valence electrons. The number of ether oxygens (including phenoxy) is 1. The number of hydrogen-bond donors (Lipinski definition) is 1. The van der Waals surface area contributed by atoms with E-state index < -0.39 is 0 Å². The van der Waals surface area contributed by atoms with Gasteiger partial charge in [-0.2, -0.15) is 4.98 Å². The first kappa shape index (κ1) is 14.2. The van der Waals surface area contributed by atoms with Crippen LogP contribution in [0.1, 0.15) is 46.0 Å². The number of nitrogens with one attached hydrogen (secondary N) is 1. The fraction of sp³-hybridized carbons (Fsp3) is 0.688. The van der Waals surface area contributed by atoms with E-state index in [1.54, 1.807) is 0 Å². The van der Waals surface area contributed by atoms with Gasteiger partial charge in [-0.05, 0) is 37.7 Å². The molecule has 0 radical (unpaired) electrons. The van der Waals surface area contributed by atoms with E-state index in [0.29, 0.717) is 12.5 Å². The molecular weight excluding hydrogens is 236 g/mol. The summed E-state index contributed by atoms with van der Waals surface area (Å²) in [5.74, 6) is 3.42. The number of hydrogen-bond acceptors (Lipinski definition) is 3. The second-order valence-electron chi connectivity index (χ2n) is 5.47. The minimum atomic E-state index is 0.664. The summed E-state index contributed by atoms with van der Waals surface area (Å²) < 4.78 is 5.42. The van der Waals surface area contributed by atoms with Crippen LogP contribution in [0.4, 0.5) is 5.82 Å². The molecule has 3 nitrogen and oxygen atoms in total. The third kappa shape index (κ3) is 4.41. The molecule has 2 rings (SSSR count). The zero-order valence-corrected chi connectivity index (χ0v) is 12.2. The van der Waals surface area contributed by atoms with Crippen molar-refractivity contribution in [3.05, 3.63) is 18.2 Å². The maximum absolute atomic E-state index is 5.42. The van der Waals surface area contributed by atoms with Crippen LogP contribution in [0.3, 0.4) is 0 Å². The van der Waals surface area contributed by atoms with Crippen LogP contribution in [0.25, 0.3) is 0 Å². The highest BCUT2D eigenvalue weighted by Gasteiger charge is 2.19. The first-order valence-corrected chi connectivity index (χ1v) is 7.65. The SMILES string of the molecule is CCOc1cccc(NCC2CCC(CC)CC2)n1. The molecule has 1 aromatic heterocycles. The number of pyridine rings is 1. The molecule has 0 saturated heterocycles. The lowest BCUT2D eigenvalue weighted by Gasteiger charge is -2.28. The Bertz CT molecular complexity index is 373. The van der Waals surface area contributed by atoms with E-state index >= 15 is 0 Å². The predicted octanol–water partition coefficient (Wildman–Crippen LogP) is 4.11. The minimum Gasteiger partial charge on any atom is -0.478 e. The molecule has 1 heterocycles. The zero-order valence-electron chi connectivity index (χ0n) is 12.2. The normalized spacial score (nSPS) is 23.1. The molecule has 1 fully saturated rings. The van der Waals surface area contributed by atoms with Gasteiger partial charge in [-0.3, -0.25) is 0 Å². The number of aromatic nitrogens is 1. The largest absolute Gasteiger partial charge is 0.478 e. The summed E-state index contributed by atoms with van der Waals surface area (Å²) in [6.07, 6.45) is 6.86. The molecular formula is C16H26N2O. The van der Waals surface area contributed by atoms with Crippen molar-refractivity contribution in [1.29, 1.82) is 0 Å². The monoisotopic (exact) mass is 262 g/mol. The fourth-order valence-electron chi connectivity index (χ4n) is 2.83. The summed E-state index contributed by atoms with van der Waals surface area (Å²) >= 11 is 0.